The third-order valence-electron chi connectivity index (χ3n) is 3.21. The van der Waals surface area contributed by atoms with E-state index < -0.39 is 27.8 Å². The molecule has 1 aromatic rings. The van der Waals surface area contributed by atoms with Crippen LogP contribution in [0.3, 0.4) is 0 Å². The maximum Gasteiger partial charge on any atom is 0.261 e. The fourth-order valence-corrected chi connectivity index (χ4v) is 3.23. The van der Waals surface area contributed by atoms with E-state index in [0.29, 0.717) is 12.8 Å². The Morgan fingerprint density at radius 1 is 1.45 bits per heavy atom. The van der Waals surface area contributed by atoms with Gasteiger partial charge < -0.3 is 0 Å². The number of amides is 1. The summed E-state index contributed by atoms with van der Waals surface area (Å²) in [5.41, 5.74) is 1.65. The van der Waals surface area contributed by atoms with Crippen LogP contribution in [0.2, 0.25) is 0 Å². The molecule has 0 aliphatic heterocycles. The van der Waals surface area contributed by atoms with Gasteiger partial charge in [0.2, 0.25) is 10.0 Å². The van der Waals surface area contributed by atoms with Crippen LogP contribution in [0.15, 0.2) is 23.1 Å². The number of halogens is 1. The number of sulfonamides is 1. The Morgan fingerprint density at radius 2 is 2.10 bits per heavy atom. The Balaban J connectivity index is 2.25. The first-order valence-corrected chi connectivity index (χ1v) is 7.56. The van der Waals surface area contributed by atoms with Crippen molar-refractivity contribution in [1.82, 2.24) is 10.2 Å². The molecule has 1 atom stereocenters. The second-order valence-corrected chi connectivity index (χ2v) is 6.54. The highest BCUT2D eigenvalue weighted by molar-refractivity contribution is 7.89. The highest BCUT2D eigenvalue weighted by atomic mass is 32.2. The fourth-order valence-electron chi connectivity index (χ4n) is 1.88. The molecular weight excluding hydrogens is 287 g/mol. The molecule has 0 radical (unpaired) electrons. The van der Waals surface area contributed by atoms with Crippen molar-refractivity contribution in [3.8, 4) is 0 Å². The molecule has 1 amide bonds. The average molecular weight is 302 g/mol. The van der Waals surface area contributed by atoms with Crippen molar-refractivity contribution in [2.45, 2.75) is 30.7 Å². The molecule has 1 aromatic carbocycles. The topological polar surface area (TPSA) is 95.5 Å². The van der Waals surface area contributed by atoms with Gasteiger partial charge in [0.15, 0.2) is 0 Å². The maximum atomic E-state index is 13.2. The summed E-state index contributed by atoms with van der Waals surface area (Å²) in [6.45, 7) is 1.45. The SMILES string of the molecule is Cc1cc(S(=O)(=O)N[C@@H](C(=O)NO)C2CC2)ccc1F. The molecule has 3 N–H and O–H groups in total. The molecule has 1 aliphatic rings. The van der Waals surface area contributed by atoms with E-state index in [0.717, 1.165) is 12.1 Å². The summed E-state index contributed by atoms with van der Waals surface area (Å²) >= 11 is 0. The van der Waals surface area contributed by atoms with E-state index in [4.69, 9.17) is 5.21 Å². The number of hydroxylamine groups is 1. The van der Waals surface area contributed by atoms with Crippen LogP contribution in [0.5, 0.6) is 0 Å². The second kappa shape index (κ2) is 5.47. The number of aryl methyl sites for hydroxylation is 1. The van der Waals surface area contributed by atoms with Gasteiger partial charge in [-0.25, -0.2) is 18.3 Å². The number of carbonyl (C=O) groups excluding carboxylic acids is 1. The summed E-state index contributed by atoms with van der Waals surface area (Å²) in [4.78, 5) is 11.4. The minimum absolute atomic E-state index is 0.118. The summed E-state index contributed by atoms with van der Waals surface area (Å²) in [5, 5.41) is 8.65. The van der Waals surface area contributed by atoms with Gasteiger partial charge in [-0.15, -0.1) is 0 Å². The summed E-state index contributed by atoms with van der Waals surface area (Å²) < 4.78 is 39.7. The van der Waals surface area contributed by atoms with Gasteiger partial charge in [-0.2, -0.15) is 4.72 Å². The molecule has 1 saturated carbocycles. The normalized spacial score (nSPS) is 16.8. The number of hydrogen-bond donors (Lipinski definition) is 3. The number of nitrogens with one attached hydrogen (secondary N) is 2. The molecule has 110 valence electrons. The zero-order valence-corrected chi connectivity index (χ0v) is 11.6. The Morgan fingerprint density at radius 3 is 2.60 bits per heavy atom. The molecule has 0 unspecified atom stereocenters. The lowest BCUT2D eigenvalue weighted by molar-refractivity contribution is -0.131. The predicted octanol–water partition coefficient (Wildman–Crippen LogP) is 0.696. The molecule has 1 aliphatic carbocycles. The van der Waals surface area contributed by atoms with E-state index in [1.54, 1.807) is 0 Å². The Bertz CT molecular complexity index is 628. The quantitative estimate of drug-likeness (QED) is 0.551. The van der Waals surface area contributed by atoms with Gasteiger partial charge in [0.05, 0.1) is 4.90 Å². The van der Waals surface area contributed by atoms with E-state index in [1.807, 2.05) is 0 Å². The molecule has 8 heteroatoms. The Labute approximate surface area is 116 Å². The van der Waals surface area contributed by atoms with Crippen molar-refractivity contribution < 1.29 is 22.8 Å². The van der Waals surface area contributed by atoms with Crippen molar-refractivity contribution in [2.75, 3.05) is 0 Å². The molecular formula is C12H15FN2O4S. The molecule has 0 aromatic heterocycles. The molecule has 0 bridgehead atoms. The molecule has 2 rings (SSSR count). The van der Waals surface area contributed by atoms with Crippen LogP contribution < -0.4 is 10.2 Å². The number of carbonyl (C=O) groups is 1. The summed E-state index contributed by atoms with van der Waals surface area (Å²) in [5.74, 6) is -1.43. The average Bonchev–Trinajstić information content (AvgIpc) is 3.22. The van der Waals surface area contributed by atoms with Gasteiger partial charge in [0.1, 0.15) is 11.9 Å². The molecule has 6 nitrogen and oxygen atoms in total. The van der Waals surface area contributed by atoms with Crippen molar-refractivity contribution in [1.29, 1.82) is 0 Å². The van der Waals surface area contributed by atoms with Gasteiger partial charge in [-0.05, 0) is 49.4 Å². The predicted molar refractivity (Wildman–Crippen MR) is 67.9 cm³/mol. The minimum atomic E-state index is -3.95. The number of benzene rings is 1. The summed E-state index contributed by atoms with van der Waals surface area (Å²) in [6, 6.07) is 2.36. The van der Waals surface area contributed by atoms with Gasteiger partial charge in [0.25, 0.3) is 5.91 Å². The van der Waals surface area contributed by atoms with Crippen molar-refractivity contribution in [2.24, 2.45) is 5.92 Å². The van der Waals surface area contributed by atoms with Crippen LogP contribution in [0.25, 0.3) is 0 Å². The van der Waals surface area contributed by atoms with E-state index in [9.17, 15) is 17.6 Å². The summed E-state index contributed by atoms with van der Waals surface area (Å²) in [6.07, 6.45) is 1.42. The fraction of sp³-hybridized carbons (Fsp3) is 0.417. The molecule has 0 saturated heterocycles. The maximum absolute atomic E-state index is 13.2. The first-order valence-electron chi connectivity index (χ1n) is 6.07. The Hall–Kier alpha value is -1.51. The smallest absolute Gasteiger partial charge is 0.261 e. The van der Waals surface area contributed by atoms with Gasteiger partial charge in [-0.1, -0.05) is 0 Å². The third-order valence-corrected chi connectivity index (χ3v) is 4.65. The lowest BCUT2D eigenvalue weighted by Gasteiger charge is -2.16. The van der Waals surface area contributed by atoms with Crippen LogP contribution in [0.1, 0.15) is 18.4 Å². The zero-order chi connectivity index (χ0) is 14.9. The minimum Gasteiger partial charge on any atom is -0.289 e. The first kappa shape index (κ1) is 14.9. The van der Waals surface area contributed by atoms with Crippen molar-refractivity contribution in [3.05, 3.63) is 29.6 Å². The highest BCUT2D eigenvalue weighted by Gasteiger charge is 2.39. The molecule has 20 heavy (non-hydrogen) atoms. The number of hydrogen-bond acceptors (Lipinski definition) is 4. The van der Waals surface area contributed by atoms with Crippen molar-refractivity contribution >= 4 is 15.9 Å². The third kappa shape index (κ3) is 3.14. The van der Waals surface area contributed by atoms with Crippen LogP contribution >= 0.6 is 0 Å². The lowest BCUT2D eigenvalue weighted by Crippen LogP contribution is -2.47. The molecule has 0 spiro atoms. The molecule has 1 fully saturated rings. The van der Waals surface area contributed by atoms with Crippen LogP contribution in [0, 0.1) is 18.7 Å². The lowest BCUT2D eigenvalue weighted by atomic mass is 10.2. The number of rotatable bonds is 5. The van der Waals surface area contributed by atoms with Crippen LogP contribution in [-0.2, 0) is 14.8 Å². The van der Waals surface area contributed by atoms with Gasteiger partial charge in [0, 0.05) is 0 Å². The van der Waals surface area contributed by atoms with E-state index in [1.165, 1.54) is 18.5 Å². The van der Waals surface area contributed by atoms with Crippen LogP contribution in [0.4, 0.5) is 4.39 Å². The van der Waals surface area contributed by atoms with E-state index in [-0.39, 0.29) is 16.4 Å². The monoisotopic (exact) mass is 302 g/mol. The van der Waals surface area contributed by atoms with E-state index in [2.05, 4.69) is 4.72 Å². The largest absolute Gasteiger partial charge is 0.289 e. The summed E-state index contributed by atoms with van der Waals surface area (Å²) in [7, 11) is -3.95. The zero-order valence-electron chi connectivity index (χ0n) is 10.8. The Kier molecular flexibility index (Phi) is 4.07. The van der Waals surface area contributed by atoms with Gasteiger partial charge >= 0.3 is 0 Å². The second-order valence-electron chi connectivity index (χ2n) is 4.82. The standard InChI is InChI=1S/C12H15FN2O4S/c1-7-6-9(4-5-10(7)13)20(18,19)15-11(8-2-3-8)12(16)14-17/h4-6,8,11,15,17H,2-3H2,1H3,(H,14,16)/t11-/m1/s1. The van der Waals surface area contributed by atoms with E-state index >= 15 is 0 Å². The van der Waals surface area contributed by atoms with Crippen molar-refractivity contribution in [3.63, 3.8) is 0 Å². The molecule has 0 heterocycles. The highest BCUT2D eigenvalue weighted by Crippen LogP contribution is 2.33. The van der Waals surface area contributed by atoms with Crippen LogP contribution in [-0.4, -0.2) is 25.6 Å². The van der Waals surface area contributed by atoms with Gasteiger partial charge in [-0.3, -0.25) is 10.0 Å². The first-order chi connectivity index (χ1) is 9.35.